The zero-order valence-corrected chi connectivity index (χ0v) is 12.5. The van der Waals surface area contributed by atoms with E-state index in [1.807, 2.05) is 24.3 Å². The van der Waals surface area contributed by atoms with Gasteiger partial charge in [-0.25, -0.2) is 0 Å². The standard InChI is InChI=1S/C17H19NO3/c1-12-7-8-14(10-16(12)19)17(20)18(2)11-13-5-4-6-15(9-13)21-3/h4-10,19H,11H2,1-3H3. The monoisotopic (exact) mass is 285 g/mol. The largest absolute Gasteiger partial charge is 0.508 e. The summed E-state index contributed by atoms with van der Waals surface area (Å²) in [6.45, 7) is 2.27. The van der Waals surface area contributed by atoms with Crippen molar-refractivity contribution >= 4 is 5.91 Å². The van der Waals surface area contributed by atoms with E-state index in [2.05, 4.69) is 0 Å². The number of phenolic OH excluding ortho intramolecular Hbond substituents is 1. The fourth-order valence-electron chi connectivity index (χ4n) is 2.08. The Balaban J connectivity index is 2.13. The number of aromatic hydroxyl groups is 1. The molecule has 21 heavy (non-hydrogen) atoms. The number of ether oxygens (including phenoxy) is 1. The molecule has 0 bridgehead atoms. The van der Waals surface area contributed by atoms with Gasteiger partial charge in [0.25, 0.3) is 5.91 Å². The summed E-state index contributed by atoms with van der Waals surface area (Å²) in [5, 5.41) is 9.70. The Hall–Kier alpha value is -2.49. The van der Waals surface area contributed by atoms with Crippen LogP contribution >= 0.6 is 0 Å². The van der Waals surface area contributed by atoms with Crippen LogP contribution in [0.3, 0.4) is 0 Å². The maximum atomic E-state index is 12.4. The predicted molar refractivity (Wildman–Crippen MR) is 81.6 cm³/mol. The number of methoxy groups -OCH3 is 1. The molecule has 0 saturated carbocycles. The molecule has 0 aromatic heterocycles. The molecule has 0 unspecified atom stereocenters. The summed E-state index contributed by atoms with van der Waals surface area (Å²) < 4.78 is 5.17. The predicted octanol–water partition coefficient (Wildman–Crippen LogP) is 2.98. The normalized spacial score (nSPS) is 10.2. The van der Waals surface area contributed by atoms with E-state index in [9.17, 15) is 9.90 Å². The van der Waals surface area contributed by atoms with Crippen LogP contribution < -0.4 is 4.74 Å². The average molecular weight is 285 g/mol. The van der Waals surface area contributed by atoms with Gasteiger partial charge >= 0.3 is 0 Å². The van der Waals surface area contributed by atoms with Crippen LogP contribution in [-0.4, -0.2) is 30.1 Å². The van der Waals surface area contributed by atoms with E-state index in [1.165, 1.54) is 6.07 Å². The van der Waals surface area contributed by atoms with Crippen LogP contribution in [-0.2, 0) is 6.54 Å². The van der Waals surface area contributed by atoms with Crippen molar-refractivity contribution in [2.75, 3.05) is 14.2 Å². The lowest BCUT2D eigenvalue weighted by Crippen LogP contribution is -2.26. The Labute approximate surface area is 124 Å². The molecular weight excluding hydrogens is 266 g/mol. The lowest BCUT2D eigenvalue weighted by atomic mass is 10.1. The number of amides is 1. The van der Waals surface area contributed by atoms with E-state index in [-0.39, 0.29) is 11.7 Å². The van der Waals surface area contributed by atoms with E-state index in [4.69, 9.17) is 4.74 Å². The highest BCUT2D eigenvalue weighted by atomic mass is 16.5. The fraction of sp³-hybridized carbons (Fsp3) is 0.235. The number of aryl methyl sites for hydroxylation is 1. The van der Waals surface area contributed by atoms with Gasteiger partial charge in [0.05, 0.1) is 7.11 Å². The summed E-state index contributed by atoms with van der Waals surface area (Å²) in [5.41, 5.74) is 2.21. The Morgan fingerprint density at radius 1 is 1.24 bits per heavy atom. The van der Waals surface area contributed by atoms with Crippen molar-refractivity contribution in [2.24, 2.45) is 0 Å². The molecule has 4 nitrogen and oxygen atoms in total. The van der Waals surface area contributed by atoms with Crippen LogP contribution in [0.2, 0.25) is 0 Å². The number of carbonyl (C=O) groups is 1. The summed E-state index contributed by atoms with van der Waals surface area (Å²) in [6, 6.07) is 12.6. The third-order valence-electron chi connectivity index (χ3n) is 3.36. The van der Waals surface area contributed by atoms with Crippen molar-refractivity contribution in [1.82, 2.24) is 4.90 Å². The van der Waals surface area contributed by atoms with Crippen LogP contribution in [0.15, 0.2) is 42.5 Å². The molecule has 110 valence electrons. The summed E-state index contributed by atoms with van der Waals surface area (Å²) in [5.74, 6) is 0.769. The number of rotatable bonds is 4. The average Bonchev–Trinajstić information content (AvgIpc) is 2.49. The van der Waals surface area contributed by atoms with E-state index < -0.39 is 0 Å². The van der Waals surface area contributed by atoms with Crippen molar-refractivity contribution in [3.05, 3.63) is 59.2 Å². The molecule has 2 aromatic carbocycles. The topological polar surface area (TPSA) is 49.8 Å². The molecule has 2 aromatic rings. The third-order valence-corrected chi connectivity index (χ3v) is 3.36. The fourth-order valence-corrected chi connectivity index (χ4v) is 2.08. The van der Waals surface area contributed by atoms with Gasteiger partial charge in [0, 0.05) is 19.2 Å². The number of nitrogens with zero attached hydrogens (tertiary/aromatic N) is 1. The molecule has 4 heteroatoms. The van der Waals surface area contributed by atoms with Gasteiger partial charge in [-0.2, -0.15) is 0 Å². The first kappa shape index (κ1) is 14.9. The molecule has 1 amide bonds. The van der Waals surface area contributed by atoms with Crippen LogP contribution in [0, 0.1) is 6.92 Å². The zero-order valence-electron chi connectivity index (χ0n) is 12.5. The molecule has 2 rings (SSSR count). The number of hydrogen-bond acceptors (Lipinski definition) is 3. The van der Waals surface area contributed by atoms with Gasteiger partial charge < -0.3 is 14.7 Å². The van der Waals surface area contributed by atoms with Gasteiger partial charge in [-0.05, 0) is 42.3 Å². The van der Waals surface area contributed by atoms with Crippen LogP contribution in [0.4, 0.5) is 0 Å². The lowest BCUT2D eigenvalue weighted by molar-refractivity contribution is 0.0784. The molecule has 0 spiro atoms. The van der Waals surface area contributed by atoms with Gasteiger partial charge in [0.1, 0.15) is 11.5 Å². The van der Waals surface area contributed by atoms with Gasteiger partial charge in [-0.15, -0.1) is 0 Å². The minimum atomic E-state index is -0.131. The molecule has 1 N–H and O–H groups in total. The number of carbonyl (C=O) groups excluding carboxylic acids is 1. The number of phenols is 1. The van der Waals surface area contributed by atoms with Crippen molar-refractivity contribution in [3.8, 4) is 11.5 Å². The van der Waals surface area contributed by atoms with Gasteiger partial charge in [0.15, 0.2) is 0 Å². The summed E-state index contributed by atoms with van der Waals surface area (Å²) in [6.07, 6.45) is 0. The summed E-state index contributed by atoms with van der Waals surface area (Å²) in [7, 11) is 3.35. The van der Waals surface area contributed by atoms with Crippen molar-refractivity contribution in [3.63, 3.8) is 0 Å². The molecule has 0 saturated heterocycles. The van der Waals surface area contributed by atoms with Crippen molar-refractivity contribution < 1.29 is 14.6 Å². The first-order valence-electron chi connectivity index (χ1n) is 6.69. The minimum absolute atomic E-state index is 0.131. The van der Waals surface area contributed by atoms with E-state index in [0.29, 0.717) is 12.1 Å². The highest BCUT2D eigenvalue weighted by Crippen LogP contribution is 2.19. The SMILES string of the molecule is COc1cccc(CN(C)C(=O)c2ccc(C)c(O)c2)c1. The Kier molecular flexibility index (Phi) is 4.48. The molecular formula is C17H19NO3. The Morgan fingerprint density at radius 2 is 2.00 bits per heavy atom. The Bertz CT molecular complexity index is 652. The quantitative estimate of drug-likeness (QED) is 0.939. The van der Waals surface area contributed by atoms with Gasteiger partial charge in [-0.3, -0.25) is 4.79 Å². The maximum Gasteiger partial charge on any atom is 0.254 e. The third kappa shape index (κ3) is 3.54. The first-order valence-corrected chi connectivity index (χ1v) is 6.69. The van der Waals surface area contributed by atoms with Crippen molar-refractivity contribution in [2.45, 2.75) is 13.5 Å². The summed E-state index contributed by atoms with van der Waals surface area (Å²) >= 11 is 0. The van der Waals surface area contributed by atoms with Crippen molar-refractivity contribution in [1.29, 1.82) is 0 Å². The first-order chi connectivity index (χ1) is 10.0. The Morgan fingerprint density at radius 3 is 2.67 bits per heavy atom. The highest BCUT2D eigenvalue weighted by molar-refractivity contribution is 5.94. The zero-order chi connectivity index (χ0) is 15.4. The smallest absolute Gasteiger partial charge is 0.254 e. The second kappa shape index (κ2) is 6.31. The highest BCUT2D eigenvalue weighted by Gasteiger charge is 2.13. The molecule has 0 radical (unpaired) electrons. The van der Waals surface area contributed by atoms with Crippen LogP contribution in [0.1, 0.15) is 21.5 Å². The molecule has 0 aliphatic carbocycles. The maximum absolute atomic E-state index is 12.4. The van der Waals surface area contributed by atoms with Crippen LogP contribution in [0.25, 0.3) is 0 Å². The van der Waals surface area contributed by atoms with E-state index in [1.54, 1.807) is 38.1 Å². The van der Waals surface area contributed by atoms with Crippen LogP contribution in [0.5, 0.6) is 11.5 Å². The molecule has 0 fully saturated rings. The number of hydrogen-bond donors (Lipinski definition) is 1. The van der Waals surface area contributed by atoms with Gasteiger partial charge in [-0.1, -0.05) is 18.2 Å². The molecule has 0 heterocycles. The van der Waals surface area contributed by atoms with E-state index in [0.717, 1.165) is 16.9 Å². The molecule has 0 aliphatic rings. The lowest BCUT2D eigenvalue weighted by Gasteiger charge is -2.18. The summed E-state index contributed by atoms with van der Waals surface area (Å²) in [4.78, 5) is 14.0. The minimum Gasteiger partial charge on any atom is -0.508 e. The molecule has 0 aliphatic heterocycles. The van der Waals surface area contributed by atoms with E-state index >= 15 is 0 Å². The second-order valence-corrected chi connectivity index (χ2v) is 5.01. The molecule has 0 atom stereocenters. The number of benzene rings is 2. The second-order valence-electron chi connectivity index (χ2n) is 5.01. The van der Waals surface area contributed by atoms with Gasteiger partial charge in [0.2, 0.25) is 0 Å².